The van der Waals surface area contributed by atoms with E-state index in [1.165, 1.54) is 38.5 Å². The molecule has 1 aromatic heterocycles. The molecule has 0 unspecified atom stereocenters. The molecule has 0 aliphatic carbocycles. The van der Waals surface area contributed by atoms with Gasteiger partial charge in [0.1, 0.15) is 0 Å². The summed E-state index contributed by atoms with van der Waals surface area (Å²) in [4.78, 5) is 14.3. The first-order chi connectivity index (χ1) is 8.79. The zero-order valence-electron chi connectivity index (χ0n) is 11.1. The van der Waals surface area contributed by atoms with Crippen molar-refractivity contribution in [3.8, 4) is 0 Å². The highest BCUT2D eigenvalue weighted by atomic mass is 16.4. The predicted octanol–water partition coefficient (Wildman–Crippen LogP) is 3.48. The van der Waals surface area contributed by atoms with Gasteiger partial charge in [0.05, 0.1) is 6.33 Å². The minimum Gasteiger partial charge on any atom is -0.481 e. The molecule has 4 nitrogen and oxygen atoms in total. The van der Waals surface area contributed by atoms with E-state index >= 15 is 0 Å². The van der Waals surface area contributed by atoms with Crippen molar-refractivity contribution < 1.29 is 9.90 Å². The Morgan fingerprint density at radius 2 is 1.61 bits per heavy atom. The molecule has 0 saturated heterocycles. The average Bonchev–Trinajstić information content (AvgIpc) is 2.84. The number of nitrogens with zero attached hydrogens (tertiary/aromatic N) is 2. The molecule has 0 aliphatic rings. The number of imidazole rings is 1. The van der Waals surface area contributed by atoms with Crippen LogP contribution >= 0.6 is 0 Å². The lowest BCUT2D eigenvalue weighted by molar-refractivity contribution is -0.137. The lowest BCUT2D eigenvalue weighted by atomic mass is 10.1. The molecule has 1 aromatic rings. The Labute approximate surface area is 109 Å². The van der Waals surface area contributed by atoms with Crippen molar-refractivity contribution in [2.75, 3.05) is 0 Å². The molecule has 0 spiro atoms. The summed E-state index contributed by atoms with van der Waals surface area (Å²) in [6, 6.07) is 0. The van der Waals surface area contributed by atoms with Gasteiger partial charge < -0.3 is 9.67 Å². The summed E-state index contributed by atoms with van der Waals surface area (Å²) in [5.74, 6) is -0.672. The molecule has 0 bridgehead atoms. The van der Waals surface area contributed by atoms with E-state index in [9.17, 15) is 4.79 Å². The molecular weight excluding hydrogens is 228 g/mol. The quantitative estimate of drug-likeness (QED) is 0.613. The summed E-state index contributed by atoms with van der Waals surface area (Å²) < 4.78 is 2.12. The summed E-state index contributed by atoms with van der Waals surface area (Å²) in [6.07, 6.45) is 15.4. The van der Waals surface area contributed by atoms with E-state index in [1.807, 2.05) is 18.7 Å². The minimum atomic E-state index is -0.672. The zero-order valence-corrected chi connectivity index (χ0v) is 11.1. The van der Waals surface area contributed by atoms with E-state index in [1.54, 1.807) is 0 Å². The van der Waals surface area contributed by atoms with Crippen molar-refractivity contribution in [1.82, 2.24) is 9.55 Å². The van der Waals surface area contributed by atoms with Gasteiger partial charge in [0, 0.05) is 25.4 Å². The lowest BCUT2D eigenvalue weighted by Crippen LogP contribution is -1.94. The summed E-state index contributed by atoms with van der Waals surface area (Å²) in [7, 11) is 0. The van der Waals surface area contributed by atoms with Gasteiger partial charge in [0.2, 0.25) is 0 Å². The Kier molecular flexibility index (Phi) is 7.93. The molecule has 0 saturated carbocycles. The van der Waals surface area contributed by atoms with Crippen molar-refractivity contribution in [3.05, 3.63) is 18.7 Å². The van der Waals surface area contributed by atoms with Crippen LogP contribution in [0.3, 0.4) is 0 Å². The number of hydrogen-bond donors (Lipinski definition) is 1. The van der Waals surface area contributed by atoms with Gasteiger partial charge in [0.25, 0.3) is 0 Å². The van der Waals surface area contributed by atoms with Gasteiger partial charge >= 0.3 is 5.97 Å². The van der Waals surface area contributed by atoms with Gasteiger partial charge in [-0.3, -0.25) is 4.79 Å². The van der Waals surface area contributed by atoms with Crippen LogP contribution in [0.1, 0.15) is 57.8 Å². The molecule has 18 heavy (non-hydrogen) atoms. The van der Waals surface area contributed by atoms with Gasteiger partial charge in [-0.15, -0.1) is 0 Å². The van der Waals surface area contributed by atoms with Crippen molar-refractivity contribution in [2.45, 2.75) is 64.3 Å². The summed E-state index contributed by atoms with van der Waals surface area (Å²) in [5.41, 5.74) is 0. The molecule has 0 amide bonds. The average molecular weight is 252 g/mol. The monoisotopic (exact) mass is 252 g/mol. The van der Waals surface area contributed by atoms with Crippen LogP contribution in [-0.2, 0) is 11.3 Å². The Hall–Kier alpha value is -1.32. The van der Waals surface area contributed by atoms with Gasteiger partial charge in [-0.25, -0.2) is 4.98 Å². The summed E-state index contributed by atoms with van der Waals surface area (Å²) in [5, 5.41) is 8.49. The topological polar surface area (TPSA) is 55.1 Å². The van der Waals surface area contributed by atoms with E-state index in [0.29, 0.717) is 6.42 Å². The lowest BCUT2D eigenvalue weighted by Gasteiger charge is -2.03. The standard InChI is InChI=1S/C14H24N2O2/c17-14(18)9-7-5-3-1-2-4-6-8-11-16-12-10-15-13-16/h10,12-13H,1-9,11H2,(H,17,18). The Balaban J connectivity index is 1.77. The van der Waals surface area contributed by atoms with Crippen LogP contribution < -0.4 is 0 Å². The number of unbranched alkanes of at least 4 members (excludes halogenated alkanes) is 7. The summed E-state index contributed by atoms with van der Waals surface area (Å²) >= 11 is 0. The molecule has 0 radical (unpaired) electrons. The van der Waals surface area contributed by atoms with E-state index in [-0.39, 0.29) is 0 Å². The smallest absolute Gasteiger partial charge is 0.303 e. The third kappa shape index (κ3) is 7.87. The molecule has 1 N–H and O–H groups in total. The largest absolute Gasteiger partial charge is 0.481 e. The normalized spacial score (nSPS) is 10.7. The highest BCUT2D eigenvalue weighted by Gasteiger charge is 1.96. The van der Waals surface area contributed by atoms with Crippen molar-refractivity contribution in [2.24, 2.45) is 0 Å². The number of aryl methyl sites for hydroxylation is 1. The number of rotatable bonds is 11. The number of aliphatic carboxylic acids is 1. The van der Waals surface area contributed by atoms with Crippen LogP contribution in [0.15, 0.2) is 18.7 Å². The third-order valence-corrected chi connectivity index (χ3v) is 3.12. The van der Waals surface area contributed by atoms with E-state index in [2.05, 4.69) is 9.55 Å². The molecular formula is C14H24N2O2. The van der Waals surface area contributed by atoms with Crippen molar-refractivity contribution >= 4 is 5.97 Å². The molecule has 102 valence electrons. The fourth-order valence-corrected chi connectivity index (χ4v) is 2.05. The van der Waals surface area contributed by atoms with Crippen LogP contribution in [0.4, 0.5) is 0 Å². The van der Waals surface area contributed by atoms with Crippen LogP contribution in [0, 0.1) is 0 Å². The molecule has 0 aromatic carbocycles. The summed E-state index contributed by atoms with van der Waals surface area (Å²) in [6.45, 7) is 1.07. The van der Waals surface area contributed by atoms with Crippen LogP contribution in [-0.4, -0.2) is 20.6 Å². The van der Waals surface area contributed by atoms with Crippen molar-refractivity contribution in [1.29, 1.82) is 0 Å². The first kappa shape index (κ1) is 14.7. The van der Waals surface area contributed by atoms with Gasteiger partial charge in [0.15, 0.2) is 0 Å². The molecule has 0 aliphatic heterocycles. The second-order valence-electron chi connectivity index (χ2n) is 4.77. The first-order valence-electron chi connectivity index (χ1n) is 6.96. The zero-order chi connectivity index (χ0) is 13.1. The van der Waals surface area contributed by atoms with Crippen LogP contribution in [0.2, 0.25) is 0 Å². The number of carboxylic acid groups (broad SMARTS) is 1. The Bertz CT molecular complexity index is 310. The highest BCUT2D eigenvalue weighted by molar-refractivity contribution is 5.66. The maximum atomic E-state index is 10.3. The highest BCUT2D eigenvalue weighted by Crippen LogP contribution is 2.10. The van der Waals surface area contributed by atoms with E-state index in [0.717, 1.165) is 19.4 Å². The third-order valence-electron chi connectivity index (χ3n) is 3.12. The SMILES string of the molecule is O=C(O)CCCCCCCCCCn1ccnc1. The molecule has 1 heterocycles. The van der Waals surface area contributed by atoms with Gasteiger partial charge in [-0.2, -0.15) is 0 Å². The number of aromatic nitrogens is 2. The Morgan fingerprint density at radius 1 is 1.00 bits per heavy atom. The Morgan fingerprint density at radius 3 is 2.17 bits per heavy atom. The first-order valence-corrected chi connectivity index (χ1v) is 6.96. The van der Waals surface area contributed by atoms with Gasteiger partial charge in [-0.05, 0) is 12.8 Å². The predicted molar refractivity (Wildman–Crippen MR) is 71.4 cm³/mol. The molecule has 4 heteroatoms. The van der Waals surface area contributed by atoms with E-state index in [4.69, 9.17) is 5.11 Å². The second kappa shape index (κ2) is 9.68. The second-order valence-corrected chi connectivity index (χ2v) is 4.77. The number of carboxylic acids is 1. The van der Waals surface area contributed by atoms with E-state index < -0.39 is 5.97 Å². The minimum absolute atomic E-state index is 0.324. The van der Waals surface area contributed by atoms with Crippen LogP contribution in [0.5, 0.6) is 0 Å². The van der Waals surface area contributed by atoms with Gasteiger partial charge in [-0.1, -0.05) is 38.5 Å². The maximum absolute atomic E-state index is 10.3. The molecule has 1 rings (SSSR count). The van der Waals surface area contributed by atoms with Crippen molar-refractivity contribution in [3.63, 3.8) is 0 Å². The van der Waals surface area contributed by atoms with Crippen LogP contribution in [0.25, 0.3) is 0 Å². The number of hydrogen-bond acceptors (Lipinski definition) is 2. The maximum Gasteiger partial charge on any atom is 0.303 e. The fraction of sp³-hybridized carbons (Fsp3) is 0.714. The number of carbonyl (C=O) groups is 1. The molecule has 0 atom stereocenters. The molecule has 0 fully saturated rings. The fourth-order valence-electron chi connectivity index (χ4n) is 2.05.